The van der Waals surface area contributed by atoms with Crippen molar-refractivity contribution in [3.05, 3.63) is 98.6 Å². The second-order valence-electron chi connectivity index (χ2n) is 13.3. The molecule has 0 radical (unpaired) electrons. The fourth-order valence-electron chi connectivity index (χ4n) is 7.07. The summed E-state index contributed by atoms with van der Waals surface area (Å²) in [6, 6.07) is 24.7. The van der Waals surface area contributed by atoms with Gasteiger partial charge in [-0.25, -0.2) is 8.42 Å². The minimum absolute atomic E-state index is 0.0223. The van der Waals surface area contributed by atoms with E-state index in [1.165, 1.54) is 15.9 Å². The molecule has 2 atom stereocenters. The van der Waals surface area contributed by atoms with Crippen molar-refractivity contribution in [3.8, 4) is 11.5 Å². The number of phenolic OH excluding ortho intramolecular Hbond substituents is 1. The monoisotopic (exact) mass is 772 g/mol. The summed E-state index contributed by atoms with van der Waals surface area (Å²) in [4.78, 5) is 0. The molecule has 1 saturated heterocycles. The zero-order valence-corrected chi connectivity index (χ0v) is 31.4. The second-order valence-corrected chi connectivity index (χ2v) is 20.9. The molecule has 0 saturated carbocycles. The van der Waals surface area contributed by atoms with E-state index < -0.39 is 23.4 Å². The molecule has 46 heavy (non-hydrogen) atoms. The zero-order chi connectivity index (χ0) is 33.1. The zero-order valence-electron chi connectivity index (χ0n) is 27.4. The Hall–Kier alpha value is -2.44. The molecule has 0 aliphatic carbocycles. The van der Waals surface area contributed by atoms with E-state index in [1.54, 1.807) is 7.11 Å². The van der Waals surface area contributed by atoms with Gasteiger partial charge in [-0.05, 0) is 86.1 Å². The Balaban J connectivity index is 1.46. The lowest BCUT2D eigenvalue weighted by atomic mass is 9.95. The van der Waals surface area contributed by atoms with Gasteiger partial charge in [-0.15, -0.1) is 0 Å². The maximum absolute atomic E-state index is 13.5. The summed E-state index contributed by atoms with van der Waals surface area (Å²) in [5.41, 5.74) is 3.99. The number of rotatable bonds is 12. The van der Waals surface area contributed by atoms with Crippen LogP contribution in [0.4, 0.5) is 0 Å². The van der Waals surface area contributed by atoms with Crippen LogP contribution in [0.25, 0.3) is 6.08 Å². The molecule has 6 nitrogen and oxygen atoms in total. The van der Waals surface area contributed by atoms with Gasteiger partial charge in [0.1, 0.15) is 5.25 Å². The van der Waals surface area contributed by atoms with Gasteiger partial charge >= 0.3 is 0 Å². The summed E-state index contributed by atoms with van der Waals surface area (Å²) in [6.07, 6.45) is 5.26. The number of allylic oxidation sites excluding steroid dienone is 1. The van der Waals surface area contributed by atoms with Crippen LogP contribution in [0.3, 0.4) is 0 Å². The number of hydrogen-bond acceptors (Lipinski definition) is 6. The number of halogens is 1. The number of methoxy groups -OCH3 is 1. The van der Waals surface area contributed by atoms with Crippen LogP contribution in [0.5, 0.6) is 11.5 Å². The topological polar surface area (TPSA) is 82.1 Å². The SMILES string of the molecule is CCC/C(=C\c1cc(I)c(O)c(OC)c1)CC[C@H]1OC[C@H]2C1=C(CO[Si](c1ccccc1)(c1ccccc1)C(C)(C)C)CS2(=O)=O. The number of fused-ring (bicyclic) bond motifs is 1. The van der Waals surface area contributed by atoms with Gasteiger partial charge in [0, 0.05) is 0 Å². The first kappa shape index (κ1) is 34.9. The van der Waals surface area contributed by atoms with Crippen molar-refractivity contribution in [2.45, 2.75) is 69.8 Å². The summed E-state index contributed by atoms with van der Waals surface area (Å²) in [5.74, 6) is 0.613. The minimum Gasteiger partial charge on any atom is -0.504 e. The Kier molecular flexibility index (Phi) is 10.9. The summed E-state index contributed by atoms with van der Waals surface area (Å²) < 4.78 is 46.5. The molecule has 246 valence electrons. The fraction of sp³-hybridized carbons (Fsp3) is 0.405. The molecule has 0 aromatic heterocycles. The molecule has 9 heteroatoms. The van der Waals surface area contributed by atoms with Gasteiger partial charge in [-0.1, -0.05) is 106 Å². The molecule has 0 amide bonds. The Morgan fingerprint density at radius 3 is 2.24 bits per heavy atom. The molecular formula is C37H45IO6SSi. The van der Waals surface area contributed by atoms with Crippen molar-refractivity contribution < 1.29 is 27.4 Å². The van der Waals surface area contributed by atoms with Crippen LogP contribution < -0.4 is 15.1 Å². The number of sulfone groups is 1. The third-order valence-electron chi connectivity index (χ3n) is 9.18. The Morgan fingerprint density at radius 1 is 1.04 bits per heavy atom. The second kappa shape index (κ2) is 14.4. The van der Waals surface area contributed by atoms with E-state index in [-0.39, 0.29) is 35.9 Å². The maximum Gasteiger partial charge on any atom is 0.261 e. The van der Waals surface area contributed by atoms with Crippen molar-refractivity contribution in [2.75, 3.05) is 26.1 Å². The molecule has 3 aromatic carbocycles. The first-order valence-corrected chi connectivity index (χ1v) is 20.7. The van der Waals surface area contributed by atoms with E-state index in [4.69, 9.17) is 13.9 Å². The predicted molar refractivity (Wildman–Crippen MR) is 197 cm³/mol. The molecule has 3 aromatic rings. The largest absolute Gasteiger partial charge is 0.504 e. The third kappa shape index (κ3) is 7.04. The molecule has 5 rings (SSSR count). The average molecular weight is 773 g/mol. The van der Waals surface area contributed by atoms with Crippen molar-refractivity contribution in [2.24, 2.45) is 0 Å². The van der Waals surface area contributed by atoms with E-state index in [0.717, 1.165) is 39.5 Å². The fourth-order valence-corrected chi connectivity index (χ4v) is 14.2. The standard InChI is InChI=1S/C37H45IO6SSi/c1-6-13-26(20-27-21-31(38)36(39)33(22-27)42-5)18-19-32-35-28(25-45(40,41)34(35)24-43-32)23-44-46(37(2,3)4,29-14-9-7-10-15-29)30-16-11-8-12-17-30/h7-12,14-17,20-22,32,34,39H,6,13,18-19,23-25H2,1-5H3/b26-20+/t32-,34+/m1/s1. The number of ether oxygens (including phenoxy) is 2. The lowest BCUT2D eigenvalue weighted by molar-refractivity contribution is 0.117. The molecule has 0 bridgehead atoms. The van der Waals surface area contributed by atoms with Crippen molar-refractivity contribution >= 4 is 57.2 Å². The number of hydrogen-bond donors (Lipinski definition) is 1. The van der Waals surface area contributed by atoms with E-state index in [0.29, 0.717) is 12.2 Å². The van der Waals surface area contributed by atoms with Gasteiger partial charge < -0.3 is 19.0 Å². The molecule has 2 aliphatic heterocycles. The number of aromatic hydroxyl groups is 1. The van der Waals surface area contributed by atoms with E-state index in [1.807, 2.05) is 24.3 Å². The normalized spacial score (nSPS) is 19.8. The van der Waals surface area contributed by atoms with Crippen LogP contribution in [-0.2, 0) is 19.0 Å². The van der Waals surface area contributed by atoms with E-state index >= 15 is 0 Å². The highest BCUT2D eigenvalue weighted by Gasteiger charge is 2.52. The highest BCUT2D eigenvalue weighted by atomic mass is 127. The molecule has 2 heterocycles. The molecule has 0 unspecified atom stereocenters. The van der Waals surface area contributed by atoms with Crippen LogP contribution in [0.2, 0.25) is 5.04 Å². The Bertz CT molecular complexity index is 1660. The van der Waals surface area contributed by atoms with Gasteiger partial charge in [0.2, 0.25) is 0 Å². The van der Waals surface area contributed by atoms with E-state index in [2.05, 4.69) is 105 Å². The third-order valence-corrected chi connectivity index (χ3v) is 17.0. The Labute approximate surface area is 289 Å². The minimum atomic E-state index is -3.37. The molecule has 1 N–H and O–H groups in total. The van der Waals surface area contributed by atoms with Gasteiger partial charge in [0.25, 0.3) is 8.32 Å². The highest BCUT2D eigenvalue weighted by molar-refractivity contribution is 14.1. The number of benzene rings is 3. The van der Waals surface area contributed by atoms with Gasteiger partial charge in [0.15, 0.2) is 21.3 Å². The first-order valence-electron chi connectivity index (χ1n) is 16.0. The maximum atomic E-state index is 13.5. The number of phenols is 1. The molecule has 0 spiro atoms. The summed E-state index contributed by atoms with van der Waals surface area (Å²) >= 11 is 2.12. The molecule has 2 aliphatic rings. The van der Waals surface area contributed by atoms with Crippen LogP contribution in [0.15, 0.2) is 89.5 Å². The smallest absolute Gasteiger partial charge is 0.261 e. The van der Waals surface area contributed by atoms with Crippen molar-refractivity contribution in [1.82, 2.24) is 0 Å². The summed E-state index contributed by atoms with van der Waals surface area (Å²) in [7, 11) is -4.66. The summed E-state index contributed by atoms with van der Waals surface area (Å²) in [6.45, 7) is 9.33. The lowest BCUT2D eigenvalue weighted by Gasteiger charge is -2.43. The van der Waals surface area contributed by atoms with Crippen molar-refractivity contribution in [3.63, 3.8) is 0 Å². The van der Waals surface area contributed by atoms with Crippen molar-refractivity contribution in [1.29, 1.82) is 0 Å². The van der Waals surface area contributed by atoms with Crippen LogP contribution in [0.1, 0.15) is 58.9 Å². The first-order chi connectivity index (χ1) is 21.9. The van der Waals surface area contributed by atoms with Crippen LogP contribution in [0, 0.1) is 3.57 Å². The average Bonchev–Trinajstić information content (AvgIpc) is 3.57. The lowest BCUT2D eigenvalue weighted by Crippen LogP contribution is -2.66. The summed E-state index contributed by atoms with van der Waals surface area (Å²) in [5, 5.41) is 11.8. The molecule has 1 fully saturated rings. The van der Waals surface area contributed by atoms with Gasteiger partial charge in [0.05, 0.1) is 35.8 Å². The van der Waals surface area contributed by atoms with E-state index in [9.17, 15) is 13.5 Å². The highest BCUT2D eigenvalue weighted by Crippen LogP contribution is 2.42. The quantitative estimate of drug-likeness (QED) is 0.121. The molecular weight excluding hydrogens is 727 g/mol. The van der Waals surface area contributed by atoms with Crippen LogP contribution >= 0.6 is 22.6 Å². The van der Waals surface area contributed by atoms with Gasteiger partial charge in [-0.2, -0.15) is 0 Å². The Morgan fingerprint density at radius 2 is 1.67 bits per heavy atom. The predicted octanol–water partition coefficient (Wildman–Crippen LogP) is 7.04. The van der Waals surface area contributed by atoms with Crippen LogP contribution in [-0.4, -0.2) is 59.3 Å². The van der Waals surface area contributed by atoms with Gasteiger partial charge in [-0.3, -0.25) is 0 Å².